The molecule has 1 saturated heterocycles. The van der Waals surface area contributed by atoms with Gasteiger partial charge in [-0.3, -0.25) is 4.79 Å². The van der Waals surface area contributed by atoms with Gasteiger partial charge in [0.1, 0.15) is 12.4 Å². The maximum atomic E-state index is 13.2. The maximum Gasteiger partial charge on any atom is 0.222 e. The van der Waals surface area contributed by atoms with Gasteiger partial charge in [-0.1, -0.05) is 29.3 Å². The van der Waals surface area contributed by atoms with E-state index in [4.69, 9.17) is 32.7 Å². The quantitative estimate of drug-likeness (QED) is 0.522. The average Bonchev–Trinajstić information content (AvgIpc) is 3.12. The van der Waals surface area contributed by atoms with Crippen molar-refractivity contribution in [1.29, 1.82) is 0 Å². The van der Waals surface area contributed by atoms with Crippen molar-refractivity contribution in [3.63, 3.8) is 0 Å². The first-order chi connectivity index (χ1) is 14.5. The molecule has 0 aromatic heterocycles. The Kier molecular flexibility index (Phi) is 8.19. The minimum atomic E-state index is -0.400. The number of halogens is 3. The van der Waals surface area contributed by atoms with Crippen LogP contribution >= 0.6 is 23.2 Å². The van der Waals surface area contributed by atoms with Crippen LogP contribution in [0.4, 0.5) is 4.39 Å². The van der Waals surface area contributed by atoms with Crippen LogP contribution in [0, 0.1) is 5.82 Å². The molecule has 0 radical (unpaired) electrons. The van der Waals surface area contributed by atoms with Crippen LogP contribution in [0.2, 0.25) is 10.0 Å². The zero-order valence-electron chi connectivity index (χ0n) is 16.8. The first-order valence-corrected chi connectivity index (χ1v) is 10.6. The molecule has 2 aromatic rings. The Morgan fingerprint density at radius 2 is 2.03 bits per heavy atom. The summed E-state index contributed by atoms with van der Waals surface area (Å²) < 4.78 is 24.4. The average molecular weight is 455 g/mol. The zero-order chi connectivity index (χ0) is 21.5. The number of hydrogen-bond donors (Lipinski definition) is 1. The largest absolute Gasteiger partial charge is 0.493 e. The van der Waals surface area contributed by atoms with Gasteiger partial charge in [0, 0.05) is 31.6 Å². The molecule has 30 heavy (non-hydrogen) atoms. The molecule has 0 aliphatic carbocycles. The Morgan fingerprint density at radius 1 is 1.20 bits per heavy atom. The van der Waals surface area contributed by atoms with Crippen LogP contribution in [-0.2, 0) is 17.9 Å². The van der Waals surface area contributed by atoms with E-state index in [9.17, 15) is 9.18 Å². The number of nitrogens with zero attached hydrogens (tertiary/aromatic N) is 1. The van der Waals surface area contributed by atoms with Crippen molar-refractivity contribution in [3.8, 4) is 11.5 Å². The molecule has 0 spiro atoms. The summed E-state index contributed by atoms with van der Waals surface area (Å²) in [4.78, 5) is 13.5. The normalized spacial score (nSPS) is 13.7. The summed E-state index contributed by atoms with van der Waals surface area (Å²) in [6.45, 7) is 3.21. The van der Waals surface area contributed by atoms with Gasteiger partial charge in [0.15, 0.2) is 11.5 Å². The second kappa shape index (κ2) is 10.8. The lowest BCUT2D eigenvalue weighted by atomic mass is 10.2. The molecule has 1 amide bonds. The first kappa shape index (κ1) is 22.7. The number of amides is 1. The summed E-state index contributed by atoms with van der Waals surface area (Å²) in [7, 11) is 1.55. The van der Waals surface area contributed by atoms with E-state index in [2.05, 4.69) is 5.32 Å². The summed E-state index contributed by atoms with van der Waals surface area (Å²) in [5.74, 6) is 0.781. The van der Waals surface area contributed by atoms with Gasteiger partial charge in [-0.2, -0.15) is 0 Å². The third-order valence-electron chi connectivity index (χ3n) is 4.96. The van der Waals surface area contributed by atoms with Crippen LogP contribution in [0.15, 0.2) is 30.3 Å². The molecule has 0 unspecified atom stereocenters. The predicted octanol–water partition coefficient (Wildman–Crippen LogP) is 4.82. The van der Waals surface area contributed by atoms with Crippen molar-refractivity contribution < 1.29 is 18.7 Å². The van der Waals surface area contributed by atoms with Crippen molar-refractivity contribution in [2.75, 3.05) is 26.7 Å². The third-order valence-corrected chi connectivity index (χ3v) is 5.59. The van der Waals surface area contributed by atoms with E-state index in [-0.39, 0.29) is 12.5 Å². The predicted molar refractivity (Wildman–Crippen MR) is 116 cm³/mol. The Morgan fingerprint density at radius 3 is 2.73 bits per heavy atom. The fourth-order valence-electron chi connectivity index (χ4n) is 3.37. The number of nitrogens with one attached hydrogen (secondary N) is 1. The highest BCUT2D eigenvalue weighted by atomic mass is 35.5. The van der Waals surface area contributed by atoms with Gasteiger partial charge in [-0.25, -0.2) is 4.39 Å². The van der Waals surface area contributed by atoms with Crippen LogP contribution in [0.1, 0.15) is 30.4 Å². The van der Waals surface area contributed by atoms with Crippen LogP contribution in [0.25, 0.3) is 0 Å². The molecule has 1 heterocycles. The lowest BCUT2D eigenvalue weighted by Gasteiger charge is -2.16. The molecule has 1 aliphatic heterocycles. The van der Waals surface area contributed by atoms with Gasteiger partial charge < -0.3 is 19.7 Å². The molecule has 0 atom stereocenters. The molecule has 3 rings (SSSR count). The smallest absolute Gasteiger partial charge is 0.222 e. The van der Waals surface area contributed by atoms with Crippen molar-refractivity contribution in [3.05, 3.63) is 57.3 Å². The Balaban J connectivity index is 1.53. The Bertz CT molecular complexity index is 895. The van der Waals surface area contributed by atoms with Crippen LogP contribution < -0.4 is 14.8 Å². The SMILES string of the molecule is COc1cc(CNCCCN2CCCC2=O)cc(Cl)c1OCc1ccc(F)cc1Cl. The zero-order valence-corrected chi connectivity index (χ0v) is 18.4. The lowest BCUT2D eigenvalue weighted by Crippen LogP contribution is -2.28. The number of hydrogen-bond acceptors (Lipinski definition) is 4. The van der Waals surface area contributed by atoms with Gasteiger partial charge >= 0.3 is 0 Å². The monoisotopic (exact) mass is 454 g/mol. The molecule has 0 bridgehead atoms. The van der Waals surface area contributed by atoms with Gasteiger partial charge in [0.25, 0.3) is 0 Å². The standard InChI is InChI=1S/C22H25Cl2FN2O3/c1-29-20-11-15(13-26-7-3-9-27-8-2-4-21(27)28)10-19(24)22(20)30-14-16-5-6-17(25)12-18(16)23/h5-6,10-12,26H,2-4,7-9,13-14H2,1H3. The second-order valence-corrected chi connectivity index (χ2v) is 7.96. The Hall–Kier alpha value is -2.02. The van der Waals surface area contributed by atoms with Gasteiger partial charge in [0.05, 0.1) is 17.2 Å². The highest BCUT2D eigenvalue weighted by Gasteiger charge is 2.19. The molecule has 5 nitrogen and oxygen atoms in total. The fourth-order valence-corrected chi connectivity index (χ4v) is 3.88. The highest BCUT2D eigenvalue weighted by Crippen LogP contribution is 2.37. The van der Waals surface area contributed by atoms with Gasteiger partial charge in [-0.15, -0.1) is 0 Å². The number of carbonyl (C=O) groups excluding carboxylic acids is 1. The van der Waals surface area contributed by atoms with Crippen molar-refractivity contribution in [1.82, 2.24) is 10.2 Å². The summed E-state index contributed by atoms with van der Waals surface area (Å²) in [6, 6.07) is 7.84. The van der Waals surface area contributed by atoms with Crippen molar-refractivity contribution in [2.24, 2.45) is 0 Å². The minimum Gasteiger partial charge on any atom is -0.493 e. The van der Waals surface area contributed by atoms with Crippen LogP contribution in [0.5, 0.6) is 11.5 Å². The van der Waals surface area contributed by atoms with E-state index in [1.165, 1.54) is 12.1 Å². The van der Waals surface area contributed by atoms with Crippen LogP contribution in [-0.4, -0.2) is 37.6 Å². The van der Waals surface area contributed by atoms with E-state index in [0.717, 1.165) is 38.0 Å². The Labute approximate surface area is 186 Å². The number of likely N-dealkylation sites (tertiary alicyclic amines) is 1. The first-order valence-electron chi connectivity index (χ1n) is 9.89. The summed E-state index contributed by atoms with van der Waals surface area (Å²) in [6.07, 6.45) is 2.54. The maximum absolute atomic E-state index is 13.2. The number of methoxy groups -OCH3 is 1. The number of carbonyl (C=O) groups is 1. The van der Waals surface area contributed by atoms with Crippen molar-refractivity contribution >= 4 is 29.1 Å². The summed E-state index contributed by atoms with van der Waals surface area (Å²) in [5.41, 5.74) is 1.61. The lowest BCUT2D eigenvalue weighted by molar-refractivity contribution is -0.127. The summed E-state index contributed by atoms with van der Waals surface area (Å²) >= 11 is 12.5. The topological polar surface area (TPSA) is 50.8 Å². The number of benzene rings is 2. The number of ether oxygens (including phenoxy) is 2. The van der Waals surface area contributed by atoms with Gasteiger partial charge in [-0.05, 0) is 49.2 Å². The van der Waals surface area contributed by atoms with E-state index >= 15 is 0 Å². The molecule has 1 fully saturated rings. The second-order valence-electron chi connectivity index (χ2n) is 7.15. The molecule has 1 N–H and O–H groups in total. The molecule has 1 aliphatic rings. The molecule has 0 saturated carbocycles. The van der Waals surface area contributed by atoms with E-state index in [1.54, 1.807) is 13.2 Å². The molecular formula is C22H25Cl2FN2O3. The molecule has 2 aromatic carbocycles. The van der Waals surface area contributed by atoms with E-state index in [0.29, 0.717) is 40.1 Å². The van der Waals surface area contributed by atoms with E-state index in [1.807, 2.05) is 17.0 Å². The molecular weight excluding hydrogens is 430 g/mol. The van der Waals surface area contributed by atoms with E-state index < -0.39 is 5.82 Å². The third kappa shape index (κ3) is 6.00. The summed E-state index contributed by atoms with van der Waals surface area (Å²) in [5, 5.41) is 4.08. The highest BCUT2D eigenvalue weighted by molar-refractivity contribution is 6.32. The number of rotatable bonds is 10. The molecule has 8 heteroatoms. The van der Waals surface area contributed by atoms with Crippen molar-refractivity contribution in [2.45, 2.75) is 32.4 Å². The molecule has 162 valence electrons. The van der Waals surface area contributed by atoms with Crippen LogP contribution in [0.3, 0.4) is 0 Å². The van der Waals surface area contributed by atoms with Gasteiger partial charge in [0.2, 0.25) is 5.91 Å². The minimum absolute atomic E-state index is 0.141. The fraction of sp³-hybridized carbons (Fsp3) is 0.409.